The van der Waals surface area contributed by atoms with Crippen LogP contribution in [0.1, 0.15) is 55.8 Å². The predicted molar refractivity (Wildman–Crippen MR) is 109 cm³/mol. The van der Waals surface area contributed by atoms with Gasteiger partial charge in [-0.2, -0.15) is 13.2 Å². The molecule has 32 heavy (non-hydrogen) atoms. The zero-order valence-electron chi connectivity index (χ0n) is 17.8. The van der Waals surface area contributed by atoms with E-state index in [1.54, 1.807) is 23.2 Å². The van der Waals surface area contributed by atoms with Gasteiger partial charge in [-0.15, -0.1) is 0 Å². The number of rotatable bonds is 7. The third kappa shape index (κ3) is 4.14. The molecule has 2 heterocycles. The number of ether oxygens (including phenoxy) is 1. The van der Waals surface area contributed by atoms with Crippen LogP contribution < -0.4 is 15.8 Å². The highest BCUT2D eigenvalue weighted by Crippen LogP contribution is 2.58. The first kappa shape index (κ1) is 22.4. The van der Waals surface area contributed by atoms with Crippen molar-refractivity contribution in [2.75, 3.05) is 0 Å². The number of primary amides is 1. The first-order chi connectivity index (χ1) is 15.0. The number of pyridine rings is 1. The first-order valence-corrected chi connectivity index (χ1v) is 10.8. The molecule has 0 aromatic carbocycles. The molecule has 2 aliphatic carbocycles. The fourth-order valence-corrected chi connectivity index (χ4v) is 5.09. The van der Waals surface area contributed by atoms with Crippen LogP contribution in [0.2, 0.25) is 0 Å². The van der Waals surface area contributed by atoms with Crippen molar-refractivity contribution in [3.63, 3.8) is 0 Å². The number of nitrogens with two attached hydrogens (primary N) is 1. The van der Waals surface area contributed by atoms with Crippen LogP contribution in [0.4, 0.5) is 13.2 Å². The molecule has 1 spiro atoms. The maximum Gasteiger partial charge on any atom is 0.391 e. The smallest absolute Gasteiger partial charge is 0.391 e. The lowest BCUT2D eigenvalue weighted by Gasteiger charge is -2.58. The Bertz CT molecular complexity index is 921. The molecule has 3 fully saturated rings. The summed E-state index contributed by atoms with van der Waals surface area (Å²) in [5.74, 6) is -1.54. The van der Waals surface area contributed by atoms with Gasteiger partial charge in [-0.3, -0.25) is 14.5 Å². The highest BCUT2D eigenvalue weighted by atomic mass is 19.4. The molecule has 174 valence electrons. The van der Waals surface area contributed by atoms with Gasteiger partial charge in [-0.25, -0.2) is 4.98 Å². The molecule has 7 nitrogen and oxygen atoms in total. The van der Waals surface area contributed by atoms with E-state index in [0.29, 0.717) is 5.82 Å². The summed E-state index contributed by atoms with van der Waals surface area (Å²) >= 11 is 0. The van der Waals surface area contributed by atoms with E-state index in [1.807, 2.05) is 0 Å². The zero-order chi connectivity index (χ0) is 23.3. The van der Waals surface area contributed by atoms with Crippen LogP contribution >= 0.6 is 0 Å². The van der Waals surface area contributed by atoms with Crippen molar-refractivity contribution in [3.05, 3.63) is 36.3 Å². The first-order valence-electron chi connectivity index (χ1n) is 10.8. The van der Waals surface area contributed by atoms with Crippen molar-refractivity contribution >= 4 is 11.8 Å². The molecule has 2 atom stereocenters. The third-order valence-corrected chi connectivity index (χ3v) is 6.95. The molecule has 2 unspecified atom stereocenters. The van der Waals surface area contributed by atoms with Gasteiger partial charge in [0.25, 0.3) is 11.8 Å². The highest BCUT2D eigenvalue weighted by molar-refractivity contribution is 5.94. The summed E-state index contributed by atoms with van der Waals surface area (Å²) in [5, 5.41) is 2.97. The summed E-state index contributed by atoms with van der Waals surface area (Å²) in [6.45, 7) is 5.03. The maximum atomic E-state index is 12.8. The second-order valence-electron chi connectivity index (χ2n) is 9.30. The van der Waals surface area contributed by atoms with Crippen LogP contribution in [0, 0.1) is 11.3 Å². The largest absolute Gasteiger partial charge is 0.474 e. The summed E-state index contributed by atoms with van der Waals surface area (Å²) in [4.78, 5) is 30.0. The molecule has 1 aromatic rings. The molecular weight excluding hydrogens is 425 g/mol. The standard InChI is InChI=1S/C22H27F3N4O3/c1-12(22(23,24)25)5-6-17-20(31)29(13(2)28-17)14-8-21(9-14)10-15(11-21)32-19-16(18(26)30)4-3-7-27-19/h3-4,7,12,14-15,17,28H,2,5-6,8-11H2,1H3,(H2,26,30). The number of carbonyl (C=O) groups is 2. The Labute approximate surface area is 184 Å². The minimum absolute atomic E-state index is 0.00970. The Morgan fingerprint density at radius 1 is 1.41 bits per heavy atom. The van der Waals surface area contributed by atoms with Crippen molar-refractivity contribution in [2.24, 2.45) is 17.1 Å². The van der Waals surface area contributed by atoms with E-state index in [2.05, 4.69) is 16.9 Å². The Kier molecular flexibility index (Phi) is 5.58. The van der Waals surface area contributed by atoms with E-state index in [1.165, 1.54) is 0 Å². The van der Waals surface area contributed by atoms with Crippen LogP contribution in [0.5, 0.6) is 5.88 Å². The lowest BCUT2D eigenvalue weighted by molar-refractivity contribution is -0.172. The summed E-state index contributed by atoms with van der Waals surface area (Å²) < 4.78 is 44.1. The van der Waals surface area contributed by atoms with Gasteiger partial charge in [0.1, 0.15) is 23.5 Å². The number of hydrogen-bond donors (Lipinski definition) is 2. The number of halogens is 3. The molecule has 4 rings (SSSR count). The minimum atomic E-state index is -4.25. The molecule has 1 aliphatic heterocycles. The van der Waals surface area contributed by atoms with Gasteiger partial charge >= 0.3 is 6.18 Å². The molecule has 1 aromatic heterocycles. The number of nitrogens with zero attached hydrogens (tertiary/aromatic N) is 2. The summed E-state index contributed by atoms with van der Waals surface area (Å²) in [5.41, 5.74) is 5.67. The van der Waals surface area contributed by atoms with E-state index in [4.69, 9.17) is 10.5 Å². The van der Waals surface area contributed by atoms with Crippen LogP contribution in [0.3, 0.4) is 0 Å². The molecule has 3 aliphatic rings. The van der Waals surface area contributed by atoms with Gasteiger partial charge in [0, 0.05) is 12.2 Å². The summed E-state index contributed by atoms with van der Waals surface area (Å²) in [6.07, 6.45) is 0.368. The van der Waals surface area contributed by atoms with E-state index >= 15 is 0 Å². The van der Waals surface area contributed by atoms with Crippen molar-refractivity contribution in [1.82, 2.24) is 15.2 Å². The normalized spacial score (nSPS) is 30.5. The van der Waals surface area contributed by atoms with Gasteiger partial charge in [0.05, 0.1) is 5.92 Å². The quantitative estimate of drug-likeness (QED) is 0.663. The molecule has 2 amide bonds. The van der Waals surface area contributed by atoms with Gasteiger partial charge < -0.3 is 15.8 Å². The van der Waals surface area contributed by atoms with E-state index < -0.39 is 24.0 Å². The minimum Gasteiger partial charge on any atom is -0.474 e. The summed E-state index contributed by atoms with van der Waals surface area (Å²) in [7, 11) is 0. The molecule has 1 saturated heterocycles. The second-order valence-corrected chi connectivity index (χ2v) is 9.30. The van der Waals surface area contributed by atoms with Crippen molar-refractivity contribution < 1.29 is 27.5 Å². The third-order valence-electron chi connectivity index (χ3n) is 6.95. The number of nitrogens with one attached hydrogen (secondary N) is 1. The average Bonchev–Trinajstić information content (AvgIpc) is 2.93. The van der Waals surface area contributed by atoms with Crippen molar-refractivity contribution in [3.8, 4) is 5.88 Å². The van der Waals surface area contributed by atoms with Crippen LogP contribution in [-0.2, 0) is 4.79 Å². The predicted octanol–water partition coefficient (Wildman–Crippen LogP) is 3.12. The lowest BCUT2D eigenvalue weighted by atomic mass is 9.52. The zero-order valence-corrected chi connectivity index (χ0v) is 17.8. The van der Waals surface area contributed by atoms with E-state index in [0.717, 1.165) is 32.6 Å². The summed E-state index contributed by atoms with van der Waals surface area (Å²) in [6, 6.07) is 2.53. The molecular formula is C22H27F3N4O3. The van der Waals surface area contributed by atoms with Crippen molar-refractivity contribution in [2.45, 2.75) is 69.8 Å². The maximum absolute atomic E-state index is 12.8. The second kappa shape index (κ2) is 7.97. The van der Waals surface area contributed by atoms with Crippen LogP contribution in [0.15, 0.2) is 30.7 Å². The van der Waals surface area contributed by atoms with E-state index in [9.17, 15) is 22.8 Å². The fraction of sp³-hybridized carbons (Fsp3) is 0.591. The Morgan fingerprint density at radius 2 is 2.09 bits per heavy atom. The number of amides is 2. The number of hydrogen-bond acceptors (Lipinski definition) is 5. The van der Waals surface area contributed by atoms with Gasteiger partial charge in [0.15, 0.2) is 0 Å². The average molecular weight is 452 g/mol. The van der Waals surface area contributed by atoms with Gasteiger partial charge in [-0.1, -0.05) is 13.5 Å². The number of carbonyl (C=O) groups excluding carboxylic acids is 2. The molecule has 2 saturated carbocycles. The molecule has 3 N–H and O–H groups in total. The van der Waals surface area contributed by atoms with E-state index in [-0.39, 0.29) is 47.8 Å². The highest BCUT2D eigenvalue weighted by Gasteiger charge is 2.57. The molecule has 10 heteroatoms. The molecule has 0 radical (unpaired) electrons. The number of alkyl halides is 3. The van der Waals surface area contributed by atoms with Crippen molar-refractivity contribution in [1.29, 1.82) is 0 Å². The van der Waals surface area contributed by atoms with Crippen LogP contribution in [-0.4, -0.2) is 46.1 Å². The molecule has 0 bridgehead atoms. The van der Waals surface area contributed by atoms with Gasteiger partial charge in [-0.05, 0) is 56.1 Å². The fourth-order valence-electron chi connectivity index (χ4n) is 5.09. The Morgan fingerprint density at radius 3 is 2.72 bits per heavy atom. The number of aromatic nitrogens is 1. The Hall–Kier alpha value is -2.78. The topological polar surface area (TPSA) is 97.6 Å². The Balaban J connectivity index is 1.27. The lowest BCUT2D eigenvalue weighted by Crippen LogP contribution is -2.59. The van der Waals surface area contributed by atoms with Gasteiger partial charge in [0.2, 0.25) is 5.88 Å². The van der Waals surface area contributed by atoms with Crippen LogP contribution in [0.25, 0.3) is 0 Å². The SMILES string of the molecule is C=C1NC(CCC(C)C(F)(F)F)C(=O)N1C1CC2(CC(Oc3ncccc3C(N)=O)C2)C1. The monoisotopic (exact) mass is 452 g/mol.